The summed E-state index contributed by atoms with van der Waals surface area (Å²) < 4.78 is 87.3. The number of carboxylic acids is 2. The minimum Gasteiger partial charge on any atom is -0.478 e. The SMILES string of the molecule is Cc1nn(C)c(C)c1CCCN(C)c1ncc(NS(=O)(=O)c2ccc(F)c(F)c2)cc1C(=O)O.O=C(O)C(F)(F)F. The highest BCUT2D eigenvalue weighted by Gasteiger charge is 2.38. The van der Waals surface area contributed by atoms with Crippen LogP contribution in [0.1, 0.15) is 33.7 Å². The number of hydrogen-bond acceptors (Lipinski definition) is 7. The van der Waals surface area contributed by atoms with Crippen molar-refractivity contribution >= 4 is 33.5 Å². The quantitative estimate of drug-likeness (QED) is 0.307. The molecular formula is C24H26F5N5O6S. The van der Waals surface area contributed by atoms with Crippen LogP contribution in [0.5, 0.6) is 0 Å². The maximum absolute atomic E-state index is 13.4. The van der Waals surface area contributed by atoms with Gasteiger partial charge in [0.1, 0.15) is 11.4 Å². The van der Waals surface area contributed by atoms with Crippen LogP contribution in [0.25, 0.3) is 0 Å². The lowest BCUT2D eigenvalue weighted by atomic mass is 10.1. The van der Waals surface area contributed by atoms with Crippen LogP contribution < -0.4 is 9.62 Å². The van der Waals surface area contributed by atoms with Crippen LogP contribution in [0.2, 0.25) is 0 Å². The van der Waals surface area contributed by atoms with Crippen molar-refractivity contribution < 1.29 is 50.2 Å². The summed E-state index contributed by atoms with van der Waals surface area (Å²) >= 11 is 0. The first-order valence-corrected chi connectivity index (χ1v) is 13.0. The third kappa shape index (κ3) is 8.60. The number of anilines is 2. The summed E-state index contributed by atoms with van der Waals surface area (Å²) in [6.45, 7) is 4.43. The number of halogens is 5. The van der Waals surface area contributed by atoms with Crippen molar-refractivity contribution in [3.63, 3.8) is 0 Å². The number of nitrogens with one attached hydrogen (secondary N) is 1. The number of nitrogens with zero attached hydrogens (tertiary/aromatic N) is 4. The molecule has 1 aromatic carbocycles. The number of rotatable bonds is 9. The zero-order valence-electron chi connectivity index (χ0n) is 22.1. The van der Waals surface area contributed by atoms with E-state index in [1.165, 1.54) is 6.20 Å². The predicted molar refractivity (Wildman–Crippen MR) is 136 cm³/mol. The van der Waals surface area contributed by atoms with Gasteiger partial charge in [-0.25, -0.2) is 31.8 Å². The lowest BCUT2D eigenvalue weighted by Gasteiger charge is -2.20. The van der Waals surface area contributed by atoms with Crippen molar-refractivity contribution in [1.29, 1.82) is 0 Å². The van der Waals surface area contributed by atoms with E-state index in [0.29, 0.717) is 18.7 Å². The highest BCUT2D eigenvalue weighted by molar-refractivity contribution is 7.92. The molecule has 17 heteroatoms. The van der Waals surface area contributed by atoms with Gasteiger partial charge < -0.3 is 15.1 Å². The number of hydrogen-bond donors (Lipinski definition) is 3. The first-order valence-electron chi connectivity index (χ1n) is 11.6. The van der Waals surface area contributed by atoms with Crippen molar-refractivity contribution in [1.82, 2.24) is 14.8 Å². The number of pyridine rings is 1. The first kappa shape index (κ1) is 32.9. The van der Waals surface area contributed by atoms with Gasteiger partial charge in [0.05, 0.1) is 22.5 Å². The summed E-state index contributed by atoms with van der Waals surface area (Å²) in [6, 6.07) is 3.27. The Morgan fingerprint density at radius 3 is 2.20 bits per heavy atom. The summed E-state index contributed by atoms with van der Waals surface area (Å²) in [5.41, 5.74) is 2.83. The molecule has 0 aliphatic rings. The molecule has 224 valence electrons. The van der Waals surface area contributed by atoms with E-state index in [0.717, 1.165) is 41.9 Å². The zero-order valence-corrected chi connectivity index (χ0v) is 22.9. The molecule has 0 aliphatic heterocycles. The van der Waals surface area contributed by atoms with E-state index in [1.807, 2.05) is 25.6 Å². The molecule has 41 heavy (non-hydrogen) atoms. The third-order valence-electron chi connectivity index (χ3n) is 5.73. The lowest BCUT2D eigenvalue weighted by molar-refractivity contribution is -0.192. The molecule has 11 nitrogen and oxygen atoms in total. The Bertz CT molecular complexity index is 1540. The Labute approximate surface area is 231 Å². The molecule has 3 rings (SSSR count). The molecule has 0 amide bonds. The fourth-order valence-electron chi connectivity index (χ4n) is 3.61. The summed E-state index contributed by atoms with van der Waals surface area (Å²) in [5.74, 6) is -6.38. The highest BCUT2D eigenvalue weighted by atomic mass is 32.2. The number of carbonyl (C=O) groups is 2. The molecule has 3 N–H and O–H groups in total. The topological polar surface area (TPSA) is 155 Å². The van der Waals surface area contributed by atoms with Crippen molar-refractivity contribution in [3.8, 4) is 0 Å². The number of benzene rings is 1. The summed E-state index contributed by atoms with van der Waals surface area (Å²) in [6.07, 6.45) is -2.44. The average Bonchev–Trinajstić information content (AvgIpc) is 3.10. The largest absolute Gasteiger partial charge is 0.490 e. The van der Waals surface area contributed by atoms with E-state index < -0.39 is 44.7 Å². The van der Waals surface area contributed by atoms with E-state index in [9.17, 15) is 40.3 Å². The van der Waals surface area contributed by atoms with E-state index in [1.54, 1.807) is 11.9 Å². The second kappa shape index (κ2) is 12.9. The van der Waals surface area contributed by atoms with Gasteiger partial charge in [-0.15, -0.1) is 0 Å². The van der Waals surface area contributed by atoms with Crippen molar-refractivity contribution in [3.05, 3.63) is 64.6 Å². The molecule has 0 saturated heterocycles. The van der Waals surface area contributed by atoms with Crippen LogP contribution in [0.3, 0.4) is 0 Å². The van der Waals surface area contributed by atoms with Crippen LogP contribution in [-0.4, -0.2) is 65.1 Å². The number of aryl methyl sites for hydroxylation is 2. The molecule has 2 aromatic heterocycles. The van der Waals surface area contributed by atoms with Crippen molar-refractivity contribution in [2.24, 2.45) is 7.05 Å². The van der Waals surface area contributed by atoms with E-state index in [-0.39, 0.29) is 17.1 Å². The van der Waals surface area contributed by atoms with Crippen LogP contribution >= 0.6 is 0 Å². The molecule has 0 atom stereocenters. The van der Waals surface area contributed by atoms with Crippen molar-refractivity contribution in [2.75, 3.05) is 23.2 Å². The van der Waals surface area contributed by atoms with E-state index >= 15 is 0 Å². The molecule has 0 spiro atoms. The Morgan fingerprint density at radius 2 is 1.71 bits per heavy atom. The Morgan fingerprint density at radius 1 is 1.10 bits per heavy atom. The molecule has 0 bridgehead atoms. The molecule has 0 radical (unpaired) electrons. The van der Waals surface area contributed by atoms with Crippen LogP contribution in [-0.2, 0) is 28.3 Å². The zero-order chi connectivity index (χ0) is 31.3. The smallest absolute Gasteiger partial charge is 0.478 e. The van der Waals surface area contributed by atoms with Gasteiger partial charge in [0.2, 0.25) is 0 Å². The van der Waals surface area contributed by atoms with Gasteiger partial charge in [0, 0.05) is 26.3 Å². The Balaban J connectivity index is 0.000000745. The number of aromatic nitrogens is 3. The van der Waals surface area contributed by atoms with Gasteiger partial charge in [-0.05, 0) is 56.5 Å². The Kier molecular flexibility index (Phi) is 10.4. The molecule has 0 fully saturated rings. The van der Waals surface area contributed by atoms with Gasteiger partial charge in [-0.3, -0.25) is 9.40 Å². The van der Waals surface area contributed by atoms with Crippen LogP contribution in [0.4, 0.5) is 33.5 Å². The van der Waals surface area contributed by atoms with Crippen LogP contribution in [0, 0.1) is 25.5 Å². The van der Waals surface area contributed by atoms with E-state index in [4.69, 9.17) is 9.90 Å². The summed E-state index contributed by atoms with van der Waals surface area (Å²) in [7, 11) is -0.715. The predicted octanol–water partition coefficient (Wildman–Crippen LogP) is 3.91. The average molecular weight is 608 g/mol. The van der Waals surface area contributed by atoms with E-state index in [2.05, 4.69) is 14.8 Å². The molecule has 2 heterocycles. The monoisotopic (exact) mass is 607 g/mol. The summed E-state index contributed by atoms with van der Waals surface area (Å²) in [4.78, 5) is 26.0. The second-order valence-electron chi connectivity index (χ2n) is 8.68. The maximum Gasteiger partial charge on any atom is 0.490 e. The van der Waals surface area contributed by atoms with Gasteiger partial charge in [0.15, 0.2) is 11.6 Å². The van der Waals surface area contributed by atoms with Crippen molar-refractivity contribution in [2.45, 2.75) is 37.8 Å². The molecule has 0 saturated carbocycles. The minimum absolute atomic E-state index is 0.124. The fraction of sp³-hybridized carbons (Fsp3) is 0.333. The fourth-order valence-corrected chi connectivity index (χ4v) is 4.66. The Hall–Kier alpha value is -4.28. The first-order chi connectivity index (χ1) is 18.8. The summed E-state index contributed by atoms with van der Waals surface area (Å²) in [5, 5.41) is 21.2. The van der Waals surface area contributed by atoms with Gasteiger partial charge in [0.25, 0.3) is 10.0 Å². The van der Waals surface area contributed by atoms with Gasteiger partial charge in [-0.2, -0.15) is 18.3 Å². The second-order valence-corrected chi connectivity index (χ2v) is 10.4. The number of aromatic carboxylic acids is 1. The molecule has 3 aromatic rings. The van der Waals surface area contributed by atoms with Gasteiger partial charge in [-0.1, -0.05) is 0 Å². The van der Waals surface area contributed by atoms with Crippen LogP contribution in [0.15, 0.2) is 35.4 Å². The lowest BCUT2D eigenvalue weighted by Crippen LogP contribution is -2.23. The number of sulfonamides is 1. The number of carboxylic acid groups (broad SMARTS) is 2. The normalized spacial score (nSPS) is 11.4. The minimum atomic E-state index is -5.08. The molecule has 0 aliphatic carbocycles. The van der Waals surface area contributed by atoms with Gasteiger partial charge >= 0.3 is 18.1 Å². The third-order valence-corrected chi connectivity index (χ3v) is 7.11. The molecule has 0 unspecified atom stereocenters. The highest BCUT2D eigenvalue weighted by Crippen LogP contribution is 2.24. The number of aliphatic carboxylic acids is 1. The maximum atomic E-state index is 13.4. The number of alkyl halides is 3. The standard InChI is InChI=1S/C22H25F2N5O4S.C2HF3O2/c1-13-17(14(2)29(4)26-13)6-5-9-28(3)21-18(22(30)31)10-15(12-25-21)27-34(32,33)16-7-8-19(23)20(24)11-16;3-2(4,5)1(6)7/h7-8,10-12,27H,5-6,9H2,1-4H3,(H,30,31);(H,6,7). The molecular weight excluding hydrogens is 581 g/mol.